The first-order chi connectivity index (χ1) is 14.7. The average molecular weight is 459 g/mol. The molecule has 1 saturated heterocycles. The van der Waals surface area contributed by atoms with Crippen LogP contribution in [-0.4, -0.2) is 96.8 Å². The van der Waals surface area contributed by atoms with Gasteiger partial charge in [-0.25, -0.2) is 8.42 Å². The summed E-state index contributed by atoms with van der Waals surface area (Å²) in [4.78, 5) is 25.8. The molecule has 1 aromatic carbocycles. The minimum absolute atomic E-state index is 0.00778. The first kappa shape index (κ1) is 24.9. The number of carbonyl (C=O) groups is 2. The van der Waals surface area contributed by atoms with Gasteiger partial charge in [-0.3, -0.25) is 9.59 Å². The molecule has 2 rings (SSSR count). The Morgan fingerprint density at radius 2 is 1.84 bits per heavy atom. The molecular weight excluding hydrogens is 428 g/mol. The van der Waals surface area contributed by atoms with E-state index in [2.05, 4.69) is 10.6 Å². The van der Waals surface area contributed by atoms with Crippen LogP contribution in [0.15, 0.2) is 23.1 Å². The van der Waals surface area contributed by atoms with Crippen molar-refractivity contribution >= 4 is 21.8 Å². The third-order valence-electron chi connectivity index (χ3n) is 4.60. The zero-order valence-electron chi connectivity index (χ0n) is 18.2. The van der Waals surface area contributed by atoms with Gasteiger partial charge in [0.25, 0.3) is 0 Å². The fraction of sp³-hybridized carbons (Fsp3) is 0.579. The largest absolute Gasteiger partial charge is 0.493 e. The third kappa shape index (κ3) is 6.53. The molecule has 1 unspecified atom stereocenters. The van der Waals surface area contributed by atoms with Crippen molar-refractivity contribution in [2.75, 3.05) is 61.1 Å². The lowest BCUT2D eigenvalue weighted by atomic mass is 10.3. The molecule has 1 atom stereocenters. The first-order valence-electron chi connectivity index (χ1n) is 9.77. The van der Waals surface area contributed by atoms with E-state index < -0.39 is 28.1 Å². The molecule has 31 heavy (non-hydrogen) atoms. The van der Waals surface area contributed by atoms with E-state index in [1.807, 2.05) is 19.0 Å². The molecule has 12 heteroatoms. The van der Waals surface area contributed by atoms with Gasteiger partial charge in [0, 0.05) is 25.7 Å². The van der Waals surface area contributed by atoms with Crippen LogP contribution in [0.25, 0.3) is 0 Å². The van der Waals surface area contributed by atoms with Crippen molar-refractivity contribution in [3.05, 3.63) is 18.2 Å². The highest BCUT2D eigenvalue weighted by molar-refractivity contribution is 7.89. The predicted molar refractivity (Wildman–Crippen MR) is 112 cm³/mol. The average Bonchev–Trinajstić information content (AvgIpc) is 2.76. The van der Waals surface area contributed by atoms with Crippen LogP contribution in [0.1, 0.15) is 6.42 Å². The van der Waals surface area contributed by atoms with Crippen LogP contribution in [0.2, 0.25) is 0 Å². The van der Waals surface area contributed by atoms with Crippen LogP contribution in [0, 0.1) is 0 Å². The maximum atomic E-state index is 13.2. The highest BCUT2D eigenvalue weighted by atomic mass is 32.2. The molecule has 0 saturated carbocycles. The summed E-state index contributed by atoms with van der Waals surface area (Å²) in [5.74, 6) is -0.954. The molecule has 1 fully saturated rings. The number of nitrogens with zero attached hydrogens (tertiary/aromatic N) is 2. The second kappa shape index (κ2) is 11.3. The van der Waals surface area contributed by atoms with Crippen LogP contribution in [0.3, 0.4) is 0 Å². The quantitative estimate of drug-likeness (QED) is 0.462. The Morgan fingerprint density at radius 1 is 1.16 bits per heavy atom. The molecule has 0 spiro atoms. The zero-order chi connectivity index (χ0) is 23.0. The molecule has 0 aromatic heterocycles. The van der Waals surface area contributed by atoms with E-state index in [4.69, 9.17) is 14.2 Å². The van der Waals surface area contributed by atoms with Gasteiger partial charge in [0.1, 0.15) is 6.23 Å². The van der Waals surface area contributed by atoms with E-state index in [1.54, 1.807) is 0 Å². The van der Waals surface area contributed by atoms with Crippen LogP contribution in [0.4, 0.5) is 0 Å². The molecule has 1 aromatic rings. The smallest absolute Gasteiger partial charge is 0.309 e. The summed E-state index contributed by atoms with van der Waals surface area (Å²) in [5.41, 5.74) is 0. The molecular formula is C19H30N4O7S. The van der Waals surface area contributed by atoms with Crippen LogP contribution in [0.5, 0.6) is 11.5 Å². The minimum atomic E-state index is -3.95. The van der Waals surface area contributed by atoms with E-state index in [0.29, 0.717) is 31.9 Å². The Balaban J connectivity index is 2.07. The minimum Gasteiger partial charge on any atom is -0.493 e. The van der Waals surface area contributed by atoms with Gasteiger partial charge in [0.05, 0.1) is 32.3 Å². The van der Waals surface area contributed by atoms with Crippen molar-refractivity contribution in [3.63, 3.8) is 0 Å². The lowest BCUT2D eigenvalue weighted by Crippen LogP contribution is -2.53. The topological polar surface area (TPSA) is 127 Å². The van der Waals surface area contributed by atoms with E-state index in [-0.39, 0.29) is 23.7 Å². The number of rotatable bonds is 9. The maximum absolute atomic E-state index is 13.2. The highest BCUT2D eigenvalue weighted by Crippen LogP contribution is 2.31. The van der Waals surface area contributed by atoms with E-state index in [1.165, 1.54) is 36.7 Å². The number of carbonyl (C=O) groups excluding carboxylic acids is 2. The van der Waals surface area contributed by atoms with E-state index >= 15 is 0 Å². The van der Waals surface area contributed by atoms with Gasteiger partial charge in [0.15, 0.2) is 11.5 Å². The van der Waals surface area contributed by atoms with Gasteiger partial charge in [-0.1, -0.05) is 0 Å². The summed E-state index contributed by atoms with van der Waals surface area (Å²) >= 11 is 0. The molecule has 0 aliphatic carbocycles. The lowest BCUT2D eigenvalue weighted by molar-refractivity contribution is -0.140. The van der Waals surface area contributed by atoms with Gasteiger partial charge >= 0.3 is 11.8 Å². The van der Waals surface area contributed by atoms with Crippen LogP contribution < -0.4 is 20.1 Å². The summed E-state index contributed by atoms with van der Waals surface area (Å²) in [6, 6.07) is 4.29. The molecule has 1 aliphatic rings. The summed E-state index contributed by atoms with van der Waals surface area (Å²) in [6.45, 7) is 1.30. The maximum Gasteiger partial charge on any atom is 0.309 e. The van der Waals surface area contributed by atoms with E-state index in [0.717, 1.165) is 0 Å². The molecule has 2 N–H and O–H groups in total. The standard InChI is InChI=1S/C19H30N4O7S/c1-22(2)10-8-20-18(24)19(25)21-13-17-23(9-5-11-30-17)31(26,27)14-6-7-15(28-3)16(12-14)29-4/h6-7,12,17H,5,8-11,13H2,1-4H3,(H,20,24)(H,21,25). The normalized spacial score (nSPS) is 17.3. The second-order valence-corrected chi connectivity index (χ2v) is 8.97. The van der Waals surface area contributed by atoms with E-state index in [9.17, 15) is 18.0 Å². The summed E-state index contributed by atoms with van der Waals surface area (Å²) in [6.07, 6.45) is -0.437. The van der Waals surface area contributed by atoms with Crippen molar-refractivity contribution in [1.82, 2.24) is 19.8 Å². The molecule has 1 heterocycles. The number of nitrogens with one attached hydrogen (secondary N) is 2. The van der Waals surface area contributed by atoms with Crippen molar-refractivity contribution in [3.8, 4) is 11.5 Å². The van der Waals surface area contributed by atoms with Crippen molar-refractivity contribution in [1.29, 1.82) is 0 Å². The first-order valence-corrected chi connectivity index (χ1v) is 11.2. The molecule has 1 aliphatic heterocycles. The summed E-state index contributed by atoms with van der Waals surface area (Å²) < 4.78 is 43.5. The molecule has 0 bridgehead atoms. The Morgan fingerprint density at radius 3 is 2.48 bits per heavy atom. The summed E-state index contributed by atoms with van der Waals surface area (Å²) in [7, 11) is 2.62. The number of amides is 2. The number of ether oxygens (including phenoxy) is 3. The number of sulfonamides is 1. The Labute approximate surface area is 182 Å². The van der Waals surface area contributed by atoms with Gasteiger partial charge in [-0.15, -0.1) is 0 Å². The summed E-state index contributed by atoms with van der Waals surface area (Å²) in [5, 5.41) is 4.95. The number of hydrogen-bond donors (Lipinski definition) is 2. The molecule has 11 nitrogen and oxygen atoms in total. The lowest BCUT2D eigenvalue weighted by Gasteiger charge is -2.34. The molecule has 0 radical (unpaired) electrons. The van der Waals surface area contributed by atoms with Crippen molar-refractivity contribution < 1.29 is 32.2 Å². The Hall–Kier alpha value is -2.41. The Bertz CT molecular complexity index is 876. The van der Waals surface area contributed by atoms with Gasteiger partial charge < -0.3 is 29.7 Å². The third-order valence-corrected chi connectivity index (χ3v) is 6.49. The number of benzene rings is 1. The Kier molecular flexibility index (Phi) is 9.04. The second-order valence-electron chi connectivity index (χ2n) is 7.08. The number of likely N-dealkylation sites (N-methyl/N-ethyl adjacent to an activating group) is 1. The molecule has 2 amide bonds. The van der Waals surface area contributed by atoms with Crippen LogP contribution >= 0.6 is 0 Å². The van der Waals surface area contributed by atoms with Crippen molar-refractivity contribution in [2.45, 2.75) is 17.5 Å². The van der Waals surface area contributed by atoms with Gasteiger partial charge in [0.2, 0.25) is 10.0 Å². The van der Waals surface area contributed by atoms with Gasteiger partial charge in [-0.05, 0) is 32.6 Å². The van der Waals surface area contributed by atoms with Gasteiger partial charge in [-0.2, -0.15) is 4.31 Å². The fourth-order valence-electron chi connectivity index (χ4n) is 2.95. The monoisotopic (exact) mass is 458 g/mol. The SMILES string of the molecule is COc1ccc(S(=O)(=O)N2CCCOC2CNC(=O)C(=O)NCCN(C)C)cc1OC. The van der Waals surface area contributed by atoms with Crippen LogP contribution in [-0.2, 0) is 24.3 Å². The van der Waals surface area contributed by atoms with Crippen molar-refractivity contribution in [2.24, 2.45) is 0 Å². The zero-order valence-corrected chi connectivity index (χ0v) is 19.0. The fourth-order valence-corrected chi connectivity index (χ4v) is 4.53. The number of methoxy groups -OCH3 is 2. The molecule has 174 valence electrons. The predicted octanol–water partition coefficient (Wildman–Crippen LogP) is -0.765. The highest BCUT2D eigenvalue weighted by Gasteiger charge is 2.35. The number of hydrogen-bond acceptors (Lipinski definition) is 8.